The lowest BCUT2D eigenvalue weighted by Crippen LogP contribution is -2.49. The molecular formula is C20H32O4. The number of carbonyl (C=O) groups is 1. The van der Waals surface area contributed by atoms with Crippen molar-refractivity contribution >= 4 is 5.97 Å². The molecule has 2 bridgehead atoms. The molecule has 6 atom stereocenters. The molecule has 3 rings (SSSR count). The summed E-state index contributed by atoms with van der Waals surface area (Å²) in [5.41, 5.74) is 0.369. The number of fused-ring (bicyclic) bond motifs is 3. The van der Waals surface area contributed by atoms with Gasteiger partial charge in [0, 0.05) is 0 Å². The van der Waals surface area contributed by atoms with Gasteiger partial charge >= 0.3 is 5.97 Å². The minimum absolute atomic E-state index is 0.0243. The monoisotopic (exact) mass is 336 g/mol. The Hall–Kier alpha value is -0.870. The second-order valence-corrected chi connectivity index (χ2v) is 8.65. The van der Waals surface area contributed by atoms with E-state index in [0.29, 0.717) is 12.5 Å². The van der Waals surface area contributed by atoms with Crippen LogP contribution in [0.4, 0.5) is 0 Å². The number of hydrogen-bond donors (Lipinski definition) is 1. The Bertz CT molecular complexity index is 524. The number of rotatable bonds is 0. The van der Waals surface area contributed by atoms with E-state index in [-0.39, 0.29) is 23.4 Å². The molecule has 24 heavy (non-hydrogen) atoms. The lowest BCUT2D eigenvalue weighted by Gasteiger charge is -2.40. The summed E-state index contributed by atoms with van der Waals surface area (Å²) in [6.07, 6.45) is 8.44. The van der Waals surface area contributed by atoms with Crippen molar-refractivity contribution in [3.8, 4) is 0 Å². The fourth-order valence-electron chi connectivity index (χ4n) is 4.30. The van der Waals surface area contributed by atoms with Crippen LogP contribution in [0.1, 0.15) is 72.6 Å². The van der Waals surface area contributed by atoms with E-state index in [4.69, 9.17) is 9.47 Å². The first-order valence-electron chi connectivity index (χ1n) is 9.47. The summed E-state index contributed by atoms with van der Waals surface area (Å²) in [5.74, 6) is 0.0197. The van der Waals surface area contributed by atoms with Gasteiger partial charge in [-0.3, -0.25) is 4.79 Å². The largest absolute Gasteiger partial charge is 0.459 e. The number of ether oxygens (including phenoxy) is 2. The van der Waals surface area contributed by atoms with Crippen LogP contribution in [0.3, 0.4) is 0 Å². The van der Waals surface area contributed by atoms with Crippen molar-refractivity contribution in [1.29, 1.82) is 0 Å². The van der Waals surface area contributed by atoms with Crippen molar-refractivity contribution in [2.45, 2.75) is 96.1 Å². The molecule has 0 radical (unpaired) electrons. The molecule has 3 aliphatic rings. The molecule has 0 aromatic carbocycles. The fraction of sp³-hybridized carbons (Fsp3) is 0.850. The van der Waals surface area contributed by atoms with Gasteiger partial charge in [-0.25, -0.2) is 0 Å². The van der Waals surface area contributed by atoms with Crippen molar-refractivity contribution < 1.29 is 19.4 Å². The van der Waals surface area contributed by atoms with Gasteiger partial charge in [0.05, 0.1) is 23.2 Å². The van der Waals surface area contributed by atoms with E-state index in [1.165, 1.54) is 5.57 Å². The highest BCUT2D eigenvalue weighted by atomic mass is 16.6. The van der Waals surface area contributed by atoms with Gasteiger partial charge in [-0.05, 0) is 71.6 Å². The maximum Gasteiger partial charge on any atom is 0.309 e. The number of allylic oxidation sites excluding steroid dienone is 2. The number of hydrogen-bond acceptors (Lipinski definition) is 4. The zero-order valence-electron chi connectivity index (χ0n) is 15.5. The highest BCUT2D eigenvalue weighted by molar-refractivity contribution is 5.73. The van der Waals surface area contributed by atoms with Crippen molar-refractivity contribution in [2.75, 3.05) is 0 Å². The molecular weight excluding hydrogens is 304 g/mol. The van der Waals surface area contributed by atoms with Crippen molar-refractivity contribution in [3.05, 3.63) is 11.6 Å². The first-order valence-corrected chi connectivity index (χ1v) is 9.47. The van der Waals surface area contributed by atoms with E-state index < -0.39 is 11.7 Å². The number of carbonyl (C=O) groups excluding carboxylic acids is 1. The zero-order chi connectivity index (χ0) is 17.5. The average Bonchev–Trinajstić information content (AvgIpc) is 3.16. The third-order valence-corrected chi connectivity index (χ3v) is 6.54. The molecule has 1 aliphatic carbocycles. The number of esters is 1. The first kappa shape index (κ1) is 17.9. The standard InChI is InChI=1S/C20H32O4/c1-13-6-5-10-19(3,22)17-12-15(14(2)18(21)23-17)9-11-20(4)16(24-20)8-7-13/h6,14-17,22H,5,7-12H2,1-4H3/b13-6+/t14-,15-,16+,17-,19+,20+/m1/s1. The normalized spacial score (nSPS) is 49.2. The van der Waals surface area contributed by atoms with Gasteiger partial charge in [-0.2, -0.15) is 0 Å². The van der Waals surface area contributed by atoms with Crippen LogP contribution in [0, 0.1) is 11.8 Å². The minimum atomic E-state index is -0.961. The molecule has 0 saturated carbocycles. The Morgan fingerprint density at radius 3 is 2.71 bits per heavy atom. The summed E-state index contributed by atoms with van der Waals surface area (Å²) in [6, 6.07) is 0. The molecule has 0 amide bonds. The predicted octanol–water partition coefficient (Wildman–Crippen LogP) is 3.76. The lowest BCUT2D eigenvalue weighted by molar-refractivity contribution is -0.184. The van der Waals surface area contributed by atoms with Crippen LogP contribution in [0.15, 0.2) is 11.6 Å². The maximum atomic E-state index is 12.3. The quantitative estimate of drug-likeness (QED) is 0.416. The SMILES string of the molecule is C/C1=C\CC[C@](C)(O)[C@H]2C[C@@H](CC[C@]3(C)O[C@H]3CC1)[C@@H](C)C(=O)O2. The molecule has 2 aliphatic heterocycles. The van der Waals surface area contributed by atoms with Crippen molar-refractivity contribution in [1.82, 2.24) is 0 Å². The Balaban J connectivity index is 1.78. The van der Waals surface area contributed by atoms with Crippen molar-refractivity contribution in [2.24, 2.45) is 11.8 Å². The van der Waals surface area contributed by atoms with Gasteiger partial charge in [0.1, 0.15) is 6.10 Å². The highest BCUT2D eigenvalue weighted by Gasteiger charge is 2.52. The molecule has 136 valence electrons. The summed E-state index contributed by atoms with van der Waals surface area (Å²) < 4.78 is 11.6. The van der Waals surface area contributed by atoms with Crippen LogP contribution in [-0.2, 0) is 14.3 Å². The van der Waals surface area contributed by atoms with Crippen LogP contribution in [0.25, 0.3) is 0 Å². The van der Waals surface area contributed by atoms with E-state index in [9.17, 15) is 9.90 Å². The molecule has 2 heterocycles. The fourth-order valence-corrected chi connectivity index (χ4v) is 4.30. The second-order valence-electron chi connectivity index (χ2n) is 8.65. The number of epoxide rings is 1. The summed E-state index contributed by atoms with van der Waals surface area (Å²) in [5, 5.41) is 10.9. The summed E-state index contributed by atoms with van der Waals surface area (Å²) >= 11 is 0. The third-order valence-electron chi connectivity index (χ3n) is 6.54. The molecule has 2 saturated heterocycles. The molecule has 4 heteroatoms. The van der Waals surface area contributed by atoms with Crippen LogP contribution in [0.2, 0.25) is 0 Å². The lowest BCUT2D eigenvalue weighted by atomic mass is 9.76. The van der Waals surface area contributed by atoms with Gasteiger partial charge in [-0.1, -0.05) is 18.6 Å². The third kappa shape index (κ3) is 3.70. The van der Waals surface area contributed by atoms with E-state index in [1.807, 2.05) is 13.8 Å². The molecule has 2 fully saturated rings. The maximum absolute atomic E-state index is 12.3. The highest BCUT2D eigenvalue weighted by Crippen LogP contribution is 2.46. The predicted molar refractivity (Wildman–Crippen MR) is 92.5 cm³/mol. The van der Waals surface area contributed by atoms with Crippen LogP contribution >= 0.6 is 0 Å². The summed E-state index contributed by atoms with van der Waals surface area (Å²) in [4.78, 5) is 12.3. The number of aliphatic hydroxyl groups is 1. The van der Waals surface area contributed by atoms with Gasteiger partial charge in [0.15, 0.2) is 0 Å². The van der Waals surface area contributed by atoms with Crippen molar-refractivity contribution in [3.63, 3.8) is 0 Å². The minimum Gasteiger partial charge on any atom is -0.459 e. The van der Waals surface area contributed by atoms with Gasteiger partial charge in [0.2, 0.25) is 0 Å². The van der Waals surface area contributed by atoms with E-state index in [2.05, 4.69) is 19.9 Å². The van der Waals surface area contributed by atoms with E-state index in [0.717, 1.165) is 38.5 Å². The van der Waals surface area contributed by atoms with Crippen LogP contribution in [0.5, 0.6) is 0 Å². The molecule has 0 unspecified atom stereocenters. The Morgan fingerprint density at radius 2 is 1.96 bits per heavy atom. The summed E-state index contributed by atoms with van der Waals surface area (Å²) in [6.45, 7) is 8.12. The Morgan fingerprint density at radius 1 is 1.21 bits per heavy atom. The molecule has 0 spiro atoms. The Labute approximate surface area is 145 Å². The van der Waals surface area contributed by atoms with Gasteiger partial charge in [-0.15, -0.1) is 0 Å². The second kappa shape index (κ2) is 6.45. The molecule has 0 aromatic rings. The zero-order valence-corrected chi connectivity index (χ0v) is 15.5. The molecule has 4 nitrogen and oxygen atoms in total. The topological polar surface area (TPSA) is 59.1 Å². The van der Waals surface area contributed by atoms with Crippen LogP contribution < -0.4 is 0 Å². The molecule has 1 N–H and O–H groups in total. The molecule has 0 aromatic heterocycles. The van der Waals surface area contributed by atoms with E-state index >= 15 is 0 Å². The smallest absolute Gasteiger partial charge is 0.309 e. The average molecular weight is 336 g/mol. The summed E-state index contributed by atoms with van der Waals surface area (Å²) in [7, 11) is 0. The Kier molecular flexibility index (Phi) is 4.82. The first-order chi connectivity index (χ1) is 11.2. The van der Waals surface area contributed by atoms with Gasteiger partial charge in [0.25, 0.3) is 0 Å². The van der Waals surface area contributed by atoms with E-state index in [1.54, 1.807) is 0 Å². The van der Waals surface area contributed by atoms with Gasteiger partial charge < -0.3 is 14.6 Å². The van der Waals surface area contributed by atoms with Crippen LogP contribution in [-0.4, -0.2) is 34.5 Å².